The number of nitrogens with one attached hydrogen (secondary N) is 2. The fourth-order valence-corrected chi connectivity index (χ4v) is 2.95. The summed E-state index contributed by atoms with van der Waals surface area (Å²) < 4.78 is 0. The van der Waals surface area contributed by atoms with Crippen molar-refractivity contribution in [2.75, 3.05) is 26.7 Å². The molecule has 0 aromatic heterocycles. The van der Waals surface area contributed by atoms with Crippen LogP contribution in [0.3, 0.4) is 0 Å². The predicted octanol–water partition coefficient (Wildman–Crippen LogP) is 2.40. The number of rotatable bonds is 7. The van der Waals surface area contributed by atoms with Crippen LogP contribution >= 0.6 is 0 Å². The maximum Gasteiger partial charge on any atom is 0.00202 e. The Labute approximate surface area is 101 Å². The molecule has 0 aromatic carbocycles. The van der Waals surface area contributed by atoms with Crippen LogP contribution < -0.4 is 10.6 Å². The van der Waals surface area contributed by atoms with Crippen LogP contribution in [-0.2, 0) is 0 Å². The minimum Gasteiger partial charge on any atom is -0.319 e. The van der Waals surface area contributed by atoms with E-state index in [4.69, 9.17) is 0 Å². The van der Waals surface area contributed by atoms with Gasteiger partial charge in [0.15, 0.2) is 0 Å². The zero-order chi connectivity index (χ0) is 11.6. The molecule has 16 heavy (non-hydrogen) atoms. The van der Waals surface area contributed by atoms with Crippen LogP contribution in [0.25, 0.3) is 0 Å². The first kappa shape index (κ1) is 12.4. The van der Waals surface area contributed by atoms with Crippen LogP contribution in [0.15, 0.2) is 0 Å². The van der Waals surface area contributed by atoms with Gasteiger partial charge in [-0.3, -0.25) is 0 Å². The van der Waals surface area contributed by atoms with Gasteiger partial charge in [0.05, 0.1) is 0 Å². The number of hydrogen-bond acceptors (Lipinski definition) is 2. The highest BCUT2D eigenvalue weighted by Gasteiger charge is 2.42. The maximum atomic E-state index is 3.72. The monoisotopic (exact) mass is 224 g/mol. The molecule has 0 aromatic rings. The molecule has 2 heteroatoms. The zero-order valence-electron chi connectivity index (χ0n) is 11.2. The zero-order valence-corrected chi connectivity index (χ0v) is 11.2. The van der Waals surface area contributed by atoms with Gasteiger partial charge in [-0.2, -0.15) is 0 Å². The van der Waals surface area contributed by atoms with Gasteiger partial charge < -0.3 is 10.6 Å². The molecular weight excluding hydrogens is 196 g/mol. The summed E-state index contributed by atoms with van der Waals surface area (Å²) in [5.41, 5.74) is 1.11. The predicted molar refractivity (Wildman–Crippen MR) is 69.6 cm³/mol. The molecule has 0 radical (unpaired) electrons. The molecule has 2 aliphatic carbocycles. The fourth-order valence-electron chi connectivity index (χ4n) is 2.95. The Morgan fingerprint density at radius 2 is 1.88 bits per heavy atom. The summed E-state index contributed by atoms with van der Waals surface area (Å²) in [5, 5.41) is 7.05. The van der Waals surface area contributed by atoms with E-state index in [1.807, 2.05) is 0 Å². The highest BCUT2D eigenvalue weighted by atomic mass is 14.9. The largest absolute Gasteiger partial charge is 0.319 e. The normalized spacial score (nSPS) is 24.2. The van der Waals surface area contributed by atoms with Crippen molar-refractivity contribution in [3.8, 4) is 0 Å². The third-order valence-electron chi connectivity index (χ3n) is 4.80. The Hall–Kier alpha value is -0.0800. The van der Waals surface area contributed by atoms with Crippen molar-refractivity contribution in [1.82, 2.24) is 10.6 Å². The molecule has 2 fully saturated rings. The quantitative estimate of drug-likeness (QED) is 0.694. The van der Waals surface area contributed by atoms with Crippen LogP contribution in [0.2, 0.25) is 0 Å². The molecule has 94 valence electrons. The van der Waals surface area contributed by atoms with Crippen molar-refractivity contribution >= 4 is 0 Å². The standard InChI is InChI=1S/C14H28N2/c1-13(2,12-5-4-6-12)9-16-11-14(7-8-14)10-15-3/h12,15-16H,4-11H2,1-3H3. The van der Waals surface area contributed by atoms with E-state index in [1.165, 1.54) is 51.7 Å². The smallest absolute Gasteiger partial charge is 0.00202 e. The lowest BCUT2D eigenvalue weighted by Gasteiger charge is -2.41. The maximum absolute atomic E-state index is 3.72. The fraction of sp³-hybridized carbons (Fsp3) is 1.00. The first-order valence-electron chi connectivity index (χ1n) is 6.93. The van der Waals surface area contributed by atoms with Crippen LogP contribution in [0, 0.1) is 16.7 Å². The minimum atomic E-state index is 0.508. The summed E-state index contributed by atoms with van der Waals surface area (Å²) in [6.45, 7) is 8.46. The van der Waals surface area contributed by atoms with Gasteiger partial charge in [-0.25, -0.2) is 0 Å². The highest BCUT2D eigenvalue weighted by molar-refractivity contribution is 4.97. The Kier molecular flexibility index (Phi) is 3.60. The van der Waals surface area contributed by atoms with Gasteiger partial charge in [0.25, 0.3) is 0 Å². The second-order valence-electron chi connectivity index (χ2n) is 6.75. The van der Waals surface area contributed by atoms with Crippen LogP contribution in [-0.4, -0.2) is 26.7 Å². The van der Waals surface area contributed by atoms with Crippen LogP contribution in [0.5, 0.6) is 0 Å². The molecule has 0 unspecified atom stereocenters. The van der Waals surface area contributed by atoms with Gasteiger partial charge in [-0.15, -0.1) is 0 Å². The Morgan fingerprint density at radius 3 is 2.31 bits per heavy atom. The molecule has 2 aliphatic rings. The average molecular weight is 224 g/mol. The van der Waals surface area contributed by atoms with Gasteiger partial charge in [0.2, 0.25) is 0 Å². The van der Waals surface area contributed by atoms with Gasteiger partial charge in [0, 0.05) is 19.6 Å². The van der Waals surface area contributed by atoms with Gasteiger partial charge >= 0.3 is 0 Å². The molecular formula is C14H28N2. The Bertz CT molecular complexity index is 227. The highest BCUT2D eigenvalue weighted by Crippen LogP contribution is 2.45. The first-order chi connectivity index (χ1) is 7.58. The van der Waals surface area contributed by atoms with Crippen molar-refractivity contribution in [3.05, 3.63) is 0 Å². The van der Waals surface area contributed by atoms with E-state index >= 15 is 0 Å². The lowest BCUT2D eigenvalue weighted by atomic mass is 9.67. The third-order valence-corrected chi connectivity index (χ3v) is 4.80. The van der Waals surface area contributed by atoms with E-state index in [0.717, 1.165) is 5.92 Å². The van der Waals surface area contributed by atoms with Gasteiger partial charge in [-0.05, 0) is 49.5 Å². The third kappa shape index (κ3) is 2.78. The number of hydrogen-bond donors (Lipinski definition) is 2. The van der Waals surface area contributed by atoms with E-state index in [2.05, 4.69) is 31.5 Å². The minimum absolute atomic E-state index is 0.508. The first-order valence-corrected chi connectivity index (χ1v) is 6.93. The Balaban J connectivity index is 1.67. The van der Waals surface area contributed by atoms with E-state index in [-0.39, 0.29) is 0 Å². The molecule has 2 saturated carbocycles. The lowest BCUT2D eigenvalue weighted by molar-refractivity contribution is 0.117. The van der Waals surface area contributed by atoms with Crippen molar-refractivity contribution < 1.29 is 0 Å². The summed E-state index contributed by atoms with van der Waals surface area (Å²) in [6, 6.07) is 0. The average Bonchev–Trinajstić information content (AvgIpc) is 2.81. The van der Waals surface area contributed by atoms with Crippen molar-refractivity contribution in [1.29, 1.82) is 0 Å². The molecule has 2 N–H and O–H groups in total. The molecule has 2 nitrogen and oxygen atoms in total. The van der Waals surface area contributed by atoms with Gasteiger partial charge in [-0.1, -0.05) is 20.3 Å². The summed E-state index contributed by atoms with van der Waals surface area (Å²) in [4.78, 5) is 0. The molecule has 0 heterocycles. The lowest BCUT2D eigenvalue weighted by Crippen LogP contribution is -2.41. The van der Waals surface area contributed by atoms with Crippen molar-refractivity contribution in [2.45, 2.75) is 46.0 Å². The van der Waals surface area contributed by atoms with E-state index in [0.29, 0.717) is 10.8 Å². The Morgan fingerprint density at radius 1 is 1.19 bits per heavy atom. The molecule has 0 atom stereocenters. The molecule has 2 rings (SSSR count). The SMILES string of the molecule is CNCC1(CNCC(C)(C)C2CCC2)CC1. The second-order valence-corrected chi connectivity index (χ2v) is 6.75. The summed E-state index contributed by atoms with van der Waals surface area (Å²) in [7, 11) is 2.07. The van der Waals surface area contributed by atoms with Crippen molar-refractivity contribution in [3.63, 3.8) is 0 Å². The van der Waals surface area contributed by atoms with Crippen LogP contribution in [0.1, 0.15) is 46.0 Å². The topological polar surface area (TPSA) is 24.1 Å². The van der Waals surface area contributed by atoms with E-state index in [1.54, 1.807) is 0 Å². The molecule has 0 amide bonds. The summed E-state index contributed by atoms with van der Waals surface area (Å²) >= 11 is 0. The van der Waals surface area contributed by atoms with Crippen LogP contribution in [0.4, 0.5) is 0 Å². The molecule has 0 bridgehead atoms. The molecule has 0 aliphatic heterocycles. The summed E-state index contributed by atoms with van der Waals surface area (Å²) in [5.74, 6) is 0.972. The van der Waals surface area contributed by atoms with Gasteiger partial charge in [0.1, 0.15) is 0 Å². The van der Waals surface area contributed by atoms with E-state index < -0.39 is 0 Å². The second kappa shape index (κ2) is 4.66. The summed E-state index contributed by atoms with van der Waals surface area (Å²) in [6.07, 6.45) is 7.18. The van der Waals surface area contributed by atoms with Crippen molar-refractivity contribution in [2.24, 2.45) is 16.7 Å². The van der Waals surface area contributed by atoms with E-state index in [9.17, 15) is 0 Å². The molecule has 0 saturated heterocycles. The molecule has 0 spiro atoms.